The number of benzene rings is 2. The fraction of sp³-hybridized carbons (Fsp3) is 0.346. The molecule has 0 bridgehead atoms. The van der Waals surface area contributed by atoms with E-state index in [0.717, 1.165) is 12.1 Å². The number of rotatable bonds is 6. The molecule has 1 heterocycles. The van der Waals surface area contributed by atoms with Crippen molar-refractivity contribution in [3.8, 4) is 5.88 Å². The maximum Gasteiger partial charge on any atom is 0.408 e. The number of hydrogen-bond acceptors (Lipinski definition) is 5. The van der Waals surface area contributed by atoms with Gasteiger partial charge in [-0.25, -0.2) is 18.6 Å². The molecule has 0 fully saturated rings. The minimum atomic E-state index is -1.16. The van der Waals surface area contributed by atoms with E-state index >= 15 is 8.78 Å². The number of fused-ring (bicyclic) bond motifs is 1. The Morgan fingerprint density at radius 1 is 1.00 bits per heavy atom. The molecule has 1 amide bonds. The van der Waals surface area contributed by atoms with Gasteiger partial charge in [0, 0.05) is 17.1 Å². The molecule has 2 aromatic carbocycles. The van der Waals surface area contributed by atoms with Gasteiger partial charge in [-0.15, -0.1) is 0 Å². The van der Waals surface area contributed by atoms with E-state index in [0.29, 0.717) is 23.3 Å². The third-order valence-corrected chi connectivity index (χ3v) is 5.10. The Bertz CT molecular complexity index is 1230. The van der Waals surface area contributed by atoms with Gasteiger partial charge in [0.05, 0.1) is 17.7 Å². The van der Waals surface area contributed by atoms with Crippen LogP contribution >= 0.6 is 0 Å². The van der Waals surface area contributed by atoms with Crippen LogP contribution in [0.25, 0.3) is 10.8 Å². The Hall–Kier alpha value is -3.55. The summed E-state index contributed by atoms with van der Waals surface area (Å²) >= 11 is 0. The summed E-state index contributed by atoms with van der Waals surface area (Å²) in [6.07, 6.45) is 0.748. The van der Waals surface area contributed by atoms with Crippen LogP contribution in [0.2, 0.25) is 0 Å². The Balaban J connectivity index is 1.99. The van der Waals surface area contributed by atoms with Gasteiger partial charge >= 0.3 is 6.09 Å². The Kier molecular flexibility index (Phi) is 6.91. The lowest BCUT2D eigenvalue weighted by Crippen LogP contribution is -2.44. The van der Waals surface area contributed by atoms with E-state index in [1.165, 1.54) is 12.3 Å². The summed E-state index contributed by atoms with van der Waals surface area (Å²) in [7, 11) is 0. The monoisotopic (exact) mass is 470 g/mol. The van der Waals surface area contributed by atoms with Crippen molar-refractivity contribution in [3.63, 3.8) is 0 Å². The number of hydrogen-bond donors (Lipinski definition) is 1. The van der Waals surface area contributed by atoms with Crippen LogP contribution in [0.1, 0.15) is 63.0 Å². The van der Waals surface area contributed by atoms with Gasteiger partial charge in [-0.2, -0.15) is 0 Å². The second kappa shape index (κ2) is 9.37. The van der Waals surface area contributed by atoms with Crippen molar-refractivity contribution >= 4 is 22.6 Å². The van der Waals surface area contributed by atoms with Crippen LogP contribution in [0, 0.1) is 11.6 Å². The second-order valence-electron chi connectivity index (χ2n) is 9.35. The number of carbonyl (C=O) groups is 2. The van der Waals surface area contributed by atoms with Gasteiger partial charge in [0.15, 0.2) is 5.78 Å². The summed E-state index contributed by atoms with van der Waals surface area (Å²) in [6.45, 7) is 10.5. The molecule has 0 atom stereocenters. The second-order valence-corrected chi connectivity index (χ2v) is 9.35. The van der Waals surface area contributed by atoms with Crippen LogP contribution in [0.3, 0.4) is 0 Å². The van der Waals surface area contributed by atoms with E-state index in [2.05, 4.69) is 10.3 Å². The molecule has 34 heavy (non-hydrogen) atoms. The molecule has 8 heteroatoms. The van der Waals surface area contributed by atoms with E-state index in [1.54, 1.807) is 59.7 Å². The van der Waals surface area contributed by atoms with Gasteiger partial charge < -0.3 is 14.8 Å². The lowest BCUT2D eigenvalue weighted by atomic mass is 9.90. The normalized spacial score (nSPS) is 11.9. The summed E-state index contributed by atoms with van der Waals surface area (Å²) in [5, 5.41) is 3.64. The first kappa shape index (κ1) is 25.1. The lowest BCUT2D eigenvalue weighted by Gasteiger charge is -2.29. The number of nitrogens with zero attached hydrogens (tertiary/aromatic N) is 1. The number of alkyl carbamates (subject to hydrolysis) is 1. The standard InChI is InChI=1S/C26H28F2N2O4/c1-7-33-23-18-10-8-9-17(16(18)11-12-29-23)22(31)21-19(27)13-15(14-20(21)28)26(5,6)30-24(32)34-25(2,3)4/h8-14H,7H2,1-6H3,(H,30,32). The lowest BCUT2D eigenvalue weighted by molar-refractivity contribution is 0.0469. The molecule has 0 saturated heterocycles. The highest BCUT2D eigenvalue weighted by atomic mass is 19.1. The van der Waals surface area contributed by atoms with Crippen LogP contribution in [-0.2, 0) is 10.3 Å². The largest absolute Gasteiger partial charge is 0.478 e. The minimum absolute atomic E-state index is 0.123. The van der Waals surface area contributed by atoms with Crippen LogP contribution < -0.4 is 10.1 Å². The topological polar surface area (TPSA) is 77.5 Å². The highest BCUT2D eigenvalue weighted by molar-refractivity contribution is 6.17. The van der Waals surface area contributed by atoms with E-state index < -0.39 is 40.2 Å². The number of ketones is 1. The summed E-state index contributed by atoms with van der Waals surface area (Å²) in [6, 6.07) is 8.53. The number of nitrogens with one attached hydrogen (secondary N) is 1. The molecule has 0 unspecified atom stereocenters. The number of halogens is 2. The molecular weight excluding hydrogens is 442 g/mol. The van der Waals surface area contributed by atoms with Gasteiger partial charge in [-0.05, 0) is 76.8 Å². The van der Waals surface area contributed by atoms with Gasteiger partial charge in [0.1, 0.15) is 17.2 Å². The molecular formula is C26H28F2N2O4. The smallest absolute Gasteiger partial charge is 0.408 e. The molecule has 0 aliphatic rings. The number of ether oxygens (including phenoxy) is 2. The van der Waals surface area contributed by atoms with Crippen LogP contribution in [0.15, 0.2) is 42.6 Å². The zero-order valence-electron chi connectivity index (χ0n) is 20.1. The molecule has 0 spiro atoms. The number of aromatic nitrogens is 1. The Morgan fingerprint density at radius 2 is 1.65 bits per heavy atom. The molecule has 6 nitrogen and oxygen atoms in total. The molecule has 180 valence electrons. The third-order valence-electron chi connectivity index (χ3n) is 5.10. The summed E-state index contributed by atoms with van der Waals surface area (Å²) < 4.78 is 41.0. The number of amides is 1. The highest BCUT2D eigenvalue weighted by Gasteiger charge is 2.30. The van der Waals surface area contributed by atoms with Gasteiger partial charge in [-0.1, -0.05) is 12.1 Å². The highest BCUT2D eigenvalue weighted by Crippen LogP contribution is 2.30. The zero-order valence-corrected chi connectivity index (χ0v) is 20.1. The quantitative estimate of drug-likeness (QED) is 0.454. The first-order chi connectivity index (χ1) is 15.8. The third kappa shape index (κ3) is 5.32. The van der Waals surface area contributed by atoms with Gasteiger partial charge in [0.25, 0.3) is 0 Å². The summed E-state index contributed by atoms with van der Waals surface area (Å²) in [5.74, 6) is -2.54. The van der Waals surface area contributed by atoms with E-state index in [4.69, 9.17) is 9.47 Å². The van der Waals surface area contributed by atoms with E-state index in [1.807, 2.05) is 0 Å². The number of pyridine rings is 1. The molecule has 0 saturated carbocycles. The van der Waals surface area contributed by atoms with Crippen molar-refractivity contribution in [2.45, 2.75) is 52.7 Å². The van der Waals surface area contributed by atoms with E-state index in [-0.39, 0.29) is 11.1 Å². The zero-order chi connectivity index (χ0) is 25.3. The maximum atomic E-state index is 15.1. The SMILES string of the molecule is CCOc1nccc2c(C(=O)c3c(F)cc(C(C)(C)NC(=O)OC(C)(C)C)cc3F)cccc12. The van der Waals surface area contributed by atoms with Crippen molar-refractivity contribution in [3.05, 3.63) is 70.9 Å². The van der Waals surface area contributed by atoms with Crippen molar-refractivity contribution in [1.82, 2.24) is 10.3 Å². The van der Waals surface area contributed by atoms with Crippen molar-refractivity contribution in [2.24, 2.45) is 0 Å². The minimum Gasteiger partial charge on any atom is -0.478 e. The average molecular weight is 471 g/mol. The maximum absolute atomic E-state index is 15.1. The summed E-state index contributed by atoms with van der Waals surface area (Å²) in [4.78, 5) is 29.6. The first-order valence-corrected chi connectivity index (χ1v) is 10.9. The molecule has 1 N–H and O–H groups in total. The van der Waals surface area contributed by atoms with Crippen LogP contribution in [0.5, 0.6) is 5.88 Å². The van der Waals surface area contributed by atoms with Crippen LogP contribution in [0.4, 0.5) is 13.6 Å². The predicted molar refractivity (Wildman–Crippen MR) is 125 cm³/mol. The summed E-state index contributed by atoms with van der Waals surface area (Å²) in [5.41, 5.74) is -2.31. The fourth-order valence-corrected chi connectivity index (χ4v) is 3.55. The van der Waals surface area contributed by atoms with Crippen molar-refractivity contribution in [1.29, 1.82) is 0 Å². The molecule has 1 aromatic heterocycles. The Labute approximate surface area is 197 Å². The molecule has 0 aliphatic carbocycles. The Morgan fingerprint density at radius 3 is 2.24 bits per heavy atom. The first-order valence-electron chi connectivity index (χ1n) is 10.9. The molecule has 3 rings (SSSR count). The fourth-order valence-electron chi connectivity index (χ4n) is 3.55. The molecule has 3 aromatic rings. The molecule has 0 radical (unpaired) electrons. The van der Waals surface area contributed by atoms with Crippen LogP contribution in [-0.4, -0.2) is 29.1 Å². The molecule has 0 aliphatic heterocycles. The van der Waals surface area contributed by atoms with Gasteiger partial charge in [-0.3, -0.25) is 4.79 Å². The van der Waals surface area contributed by atoms with Crippen molar-refractivity contribution < 1.29 is 27.8 Å². The average Bonchev–Trinajstić information content (AvgIpc) is 2.71. The van der Waals surface area contributed by atoms with E-state index in [9.17, 15) is 9.59 Å². The predicted octanol–water partition coefficient (Wildman–Crippen LogP) is 5.90. The number of carbonyl (C=O) groups excluding carboxylic acids is 2. The van der Waals surface area contributed by atoms with Gasteiger partial charge in [0.2, 0.25) is 5.88 Å². The van der Waals surface area contributed by atoms with Crippen molar-refractivity contribution in [2.75, 3.05) is 6.61 Å².